The van der Waals surface area contributed by atoms with E-state index in [4.69, 9.17) is 0 Å². The van der Waals surface area contributed by atoms with Crippen LogP contribution in [0.25, 0.3) is 0 Å². The second kappa shape index (κ2) is 5.49. The van der Waals surface area contributed by atoms with Crippen LogP contribution in [0.1, 0.15) is 75.7 Å². The zero-order valence-electron chi connectivity index (χ0n) is 11.1. The molecule has 1 aromatic carbocycles. The number of benzene rings is 1. The lowest BCUT2D eigenvalue weighted by atomic mass is 9.89. The molecule has 0 aliphatic rings. The van der Waals surface area contributed by atoms with Gasteiger partial charge in [0.15, 0.2) is 0 Å². The Balaban J connectivity index is 3.19. The van der Waals surface area contributed by atoms with Gasteiger partial charge in [-0.2, -0.15) is 0 Å². The van der Waals surface area contributed by atoms with Crippen LogP contribution in [0.2, 0.25) is 0 Å². The molecular formula is C15H24O. The van der Waals surface area contributed by atoms with Gasteiger partial charge in [0.25, 0.3) is 0 Å². The smallest absolute Gasteiger partial charge is 0.0790 e. The predicted octanol–water partition coefficient (Wildman–Crippen LogP) is 4.38. The Labute approximate surface area is 99.5 Å². The van der Waals surface area contributed by atoms with Crippen LogP contribution < -0.4 is 0 Å². The molecule has 0 radical (unpaired) electrons. The van der Waals surface area contributed by atoms with Crippen LogP contribution in [0.4, 0.5) is 0 Å². The summed E-state index contributed by atoms with van der Waals surface area (Å²) in [5.41, 5.74) is 3.75. The fourth-order valence-electron chi connectivity index (χ4n) is 1.98. The summed E-state index contributed by atoms with van der Waals surface area (Å²) in [6.45, 7) is 10.8. The Morgan fingerprint density at radius 3 is 2.06 bits per heavy atom. The van der Waals surface area contributed by atoms with Crippen LogP contribution in [-0.4, -0.2) is 5.11 Å². The summed E-state index contributed by atoms with van der Waals surface area (Å²) in [6, 6.07) is 6.49. The summed E-state index contributed by atoms with van der Waals surface area (Å²) in [6.07, 6.45) is 0.458. The molecule has 0 bridgehead atoms. The topological polar surface area (TPSA) is 20.2 Å². The molecule has 90 valence electrons. The predicted molar refractivity (Wildman–Crippen MR) is 69.9 cm³/mol. The van der Waals surface area contributed by atoms with Crippen molar-refractivity contribution in [2.75, 3.05) is 0 Å². The molecule has 16 heavy (non-hydrogen) atoms. The molecule has 0 aliphatic carbocycles. The maximum atomic E-state index is 9.99. The molecule has 0 fully saturated rings. The van der Waals surface area contributed by atoms with E-state index in [1.165, 1.54) is 11.1 Å². The standard InChI is InChI=1S/C15H24O/c1-6-15(16)13-8-7-12(10(2)3)9-14(13)11(4)5/h7-11,15-16H,6H2,1-5H3. The molecule has 1 nitrogen and oxygen atoms in total. The second-order valence-electron chi connectivity index (χ2n) is 5.12. The molecule has 1 unspecified atom stereocenters. The fourth-order valence-corrected chi connectivity index (χ4v) is 1.98. The third-order valence-electron chi connectivity index (χ3n) is 3.15. The second-order valence-corrected chi connectivity index (χ2v) is 5.12. The van der Waals surface area contributed by atoms with Gasteiger partial charge >= 0.3 is 0 Å². The number of aliphatic hydroxyl groups excluding tert-OH is 1. The van der Waals surface area contributed by atoms with Crippen LogP contribution >= 0.6 is 0 Å². The first-order valence-electron chi connectivity index (χ1n) is 6.29. The van der Waals surface area contributed by atoms with Gasteiger partial charge in [0, 0.05) is 0 Å². The highest BCUT2D eigenvalue weighted by atomic mass is 16.3. The molecule has 0 amide bonds. The molecule has 1 heteroatoms. The first-order valence-corrected chi connectivity index (χ1v) is 6.29. The number of rotatable bonds is 4. The van der Waals surface area contributed by atoms with Gasteiger partial charge in [-0.3, -0.25) is 0 Å². The highest BCUT2D eigenvalue weighted by Gasteiger charge is 2.14. The van der Waals surface area contributed by atoms with Crippen LogP contribution in [0.15, 0.2) is 18.2 Å². The average molecular weight is 220 g/mol. The summed E-state index contributed by atoms with van der Waals surface area (Å²) in [5.74, 6) is 1.01. The molecule has 0 saturated heterocycles. The third-order valence-corrected chi connectivity index (χ3v) is 3.15. The lowest BCUT2D eigenvalue weighted by molar-refractivity contribution is 0.172. The van der Waals surface area contributed by atoms with Gasteiger partial charge in [0.2, 0.25) is 0 Å². The van der Waals surface area contributed by atoms with Crippen molar-refractivity contribution >= 4 is 0 Å². The van der Waals surface area contributed by atoms with Crippen molar-refractivity contribution in [3.05, 3.63) is 34.9 Å². The minimum absolute atomic E-state index is 0.321. The lowest BCUT2D eigenvalue weighted by Gasteiger charge is -2.19. The van der Waals surface area contributed by atoms with Gasteiger partial charge in [-0.1, -0.05) is 52.8 Å². The average Bonchev–Trinajstić information content (AvgIpc) is 2.26. The van der Waals surface area contributed by atoms with Crippen molar-refractivity contribution < 1.29 is 5.11 Å². The van der Waals surface area contributed by atoms with Crippen LogP contribution in [-0.2, 0) is 0 Å². The van der Waals surface area contributed by atoms with Gasteiger partial charge in [0.1, 0.15) is 0 Å². The third kappa shape index (κ3) is 2.85. The number of aliphatic hydroxyl groups is 1. The molecule has 1 aromatic rings. The monoisotopic (exact) mass is 220 g/mol. The van der Waals surface area contributed by atoms with Crippen molar-refractivity contribution in [2.24, 2.45) is 0 Å². The maximum absolute atomic E-state index is 9.99. The Bertz CT molecular complexity index is 339. The van der Waals surface area contributed by atoms with E-state index in [9.17, 15) is 5.11 Å². The van der Waals surface area contributed by atoms with Gasteiger partial charge in [-0.25, -0.2) is 0 Å². The van der Waals surface area contributed by atoms with Crippen molar-refractivity contribution in [1.82, 2.24) is 0 Å². The molecule has 0 heterocycles. The van der Waals surface area contributed by atoms with E-state index in [0.29, 0.717) is 11.8 Å². The Morgan fingerprint density at radius 1 is 1.00 bits per heavy atom. The molecule has 0 aliphatic heterocycles. The first-order chi connectivity index (χ1) is 7.47. The first kappa shape index (κ1) is 13.2. The van der Waals surface area contributed by atoms with Crippen LogP contribution in [0, 0.1) is 0 Å². The summed E-state index contributed by atoms with van der Waals surface area (Å²) >= 11 is 0. The SMILES string of the molecule is CCC(O)c1ccc(C(C)C)cc1C(C)C. The maximum Gasteiger partial charge on any atom is 0.0790 e. The van der Waals surface area contributed by atoms with Crippen molar-refractivity contribution in [3.63, 3.8) is 0 Å². The normalized spacial score (nSPS) is 13.5. The quantitative estimate of drug-likeness (QED) is 0.798. The Kier molecular flexibility index (Phi) is 4.55. The van der Waals surface area contributed by atoms with Gasteiger partial charge in [-0.05, 0) is 34.9 Å². The van der Waals surface area contributed by atoms with Gasteiger partial charge in [-0.15, -0.1) is 0 Å². The van der Waals surface area contributed by atoms with Crippen molar-refractivity contribution in [3.8, 4) is 0 Å². The lowest BCUT2D eigenvalue weighted by Crippen LogP contribution is -2.04. The molecule has 1 rings (SSSR count). The van der Waals surface area contributed by atoms with E-state index in [1.807, 2.05) is 6.92 Å². The van der Waals surface area contributed by atoms with Crippen molar-refractivity contribution in [1.29, 1.82) is 0 Å². The largest absolute Gasteiger partial charge is 0.388 e. The van der Waals surface area contributed by atoms with E-state index in [-0.39, 0.29) is 6.10 Å². The minimum Gasteiger partial charge on any atom is -0.388 e. The Morgan fingerprint density at radius 2 is 1.62 bits per heavy atom. The van der Waals surface area contributed by atoms with E-state index >= 15 is 0 Å². The molecular weight excluding hydrogens is 196 g/mol. The zero-order chi connectivity index (χ0) is 12.3. The minimum atomic E-state index is -0.321. The zero-order valence-corrected chi connectivity index (χ0v) is 11.1. The van der Waals surface area contributed by atoms with Crippen LogP contribution in [0.3, 0.4) is 0 Å². The number of hydrogen-bond acceptors (Lipinski definition) is 1. The molecule has 1 atom stereocenters. The van der Waals surface area contributed by atoms with Gasteiger partial charge in [0.05, 0.1) is 6.10 Å². The summed E-state index contributed by atoms with van der Waals surface area (Å²) in [5, 5.41) is 9.99. The highest BCUT2D eigenvalue weighted by molar-refractivity contribution is 5.36. The molecule has 1 N–H and O–H groups in total. The Hall–Kier alpha value is -0.820. The summed E-state index contributed by atoms with van der Waals surface area (Å²) in [4.78, 5) is 0. The summed E-state index contributed by atoms with van der Waals surface area (Å²) in [7, 11) is 0. The van der Waals surface area contributed by atoms with E-state index in [1.54, 1.807) is 0 Å². The van der Waals surface area contributed by atoms with Gasteiger partial charge < -0.3 is 5.11 Å². The number of hydrogen-bond donors (Lipinski definition) is 1. The molecule has 0 spiro atoms. The molecule has 0 aromatic heterocycles. The van der Waals surface area contributed by atoms with Crippen LogP contribution in [0.5, 0.6) is 0 Å². The van der Waals surface area contributed by atoms with E-state index < -0.39 is 0 Å². The van der Waals surface area contributed by atoms with E-state index in [2.05, 4.69) is 45.9 Å². The fraction of sp³-hybridized carbons (Fsp3) is 0.600. The summed E-state index contributed by atoms with van der Waals surface area (Å²) < 4.78 is 0. The molecule has 0 saturated carbocycles. The van der Waals surface area contributed by atoms with Crippen molar-refractivity contribution in [2.45, 2.75) is 59.0 Å². The highest BCUT2D eigenvalue weighted by Crippen LogP contribution is 2.29. The van der Waals surface area contributed by atoms with E-state index in [0.717, 1.165) is 12.0 Å².